The van der Waals surface area contributed by atoms with Gasteiger partial charge in [0.1, 0.15) is 10.8 Å². The summed E-state index contributed by atoms with van der Waals surface area (Å²) in [5.74, 6) is 2.38. The predicted octanol–water partition coefficient (Wildman–Crippen LogP) is 3.51. The van der Waals surface area contributed by atoms with E-state index in [1.807, 2.05) is 24.6 Å². The van der Waals surface area contributed by atoms with Crippen molar-refractivity contribution >= 4 is 17.3 Å². The highest BCUT2D eigenvalue weighted by molar-refractivity contribution is 7.11. The lowest BCUT2D eigenvalue weighted by molar-refractivity contribution is 0.376. The Labute approximate surface area is 159 Å². The lowest BCUT2D eigenvalue weighted by Gasteiger charge is -2.20. The predicted molar refractivity (Wildman–Crippen MR) is 106 cm³/mol. The number of hydrogen-bond acceptors (Lipinski definition) is 5. The molecule has 2 aromatic heterocycles. The number of guanidine groups is 1. The summed E-state index contributed by atoms with van der Waals surface area (Å²) in [7, 11) is 3.83. The largest absolute Gasteiger partial charge is 0.443 e. The van der Waals surface area contributed by atoms with E-state index in [1.54, 1.807) is 7.05 Å². The van der Waals surface area contributed by atoms with Gasteiger partial charge in [0.05, 0.1) is 25.0 Å². The zero-order valence-electron chi connectivity index (χ0n) is 16.4. The molecule has 0 aromatic carbocycles. The standard InChI is InChI=1S/C19H29N5OS/c1-19(2,3)15-10-21-16(25-15)11-22-18(20-4)24(5)12-17-23-13-8-6-7-9-14(13)26-17/h10H,6-9,11-12H2,1-5H3,(H,20,22). The van der Waals surface area contributed by atoms with E-state index in [9.17, 15) is 0 Å². The van der Waals surface area contributed by atoms with E-state index in [4.69, 9.17) is 9.40 Å². The van der Waals surface area contributed by atoms with Crippen molar-refractivity contribution in [3.05, 3.63) is 33.4 Å². The minimum atomic E-state index is -0.0341. The Hall–Kier alpha value is -1.89. The molecule has 1 N–H and O–H groups in total. The first kappa shape index (κ1) is 18.9. The third kappa shape index (κ3) is 4.44. The maximum atomic E-state index is 5.84. The zero-order valence-corrected chi connectivity index (χ0v) is 17.2. The van der Waals surface area contributed by atoms with Crippen LogP contribution in [0, 0.1) is 0 Å². The lowest BCUT2D eigenvalue weighted by Crippen LogP contribution is -2.38. The molecule has 0 fully saturated rings. The van der Waals surface area contributed by atoms with Crippen LogP contribution in [0.2, 0.25) is 0 Å². The number of nitrogens with zero attached hydrogens (tertiary/aromatic N) is 4. The van der Waals surface area contributed by atoms with Crippen molar-refractivity contribution in [3.8, 4) is 0 Å². The van der Waals surface area contributed by atoms with Gasteiger partial charge in [0, 0.05) is 24.4 Å². The molecule has 7 heteroatoms. The summed E-state index contributed by atoms with van der Waals surface area (Å²) >= 11 is 1.85. The van der Waals surface area contributed by atoms with Crippen LogP contribution in [0.1, 0.15) is 60.8 Å². The molecule has 0 radical (unpaired) electrons. The second kappa shape index (κ2) is 7.78. The van der Waals surface area contributed by atoms with Crippen molar-refractivity contribution in [2.45, 2.75) is 65.0 Å². The van der Waals surface area contributed by atoms with Gasteiger partial charge in [0.25, 0.3) is 0 Å². The van der Waals surface area contributed by atoms with Gasteiger partial charge in [-0.2, -0.15) is 0 Å². The number of rotatable bonds is 4. The molecule has 1 aliphatic rings. The molecule has 26 heavy (non-hydrogen) atoms. The van der Waals surface area contributed by atoms with Gasteiger partial charge in [-0.1, -0.05) is 20.8 Å². The van der Waals surface area contributed by atoms with Crippen molar-refractivity contribution < 1.29 is 4.42 Å². The van der Waals surface area contributed by atoms with Crippen LogP contribution in [0.25, 0.3) is 0 Å². The first-order valence-electron chi connectivity index (χ1n) is 9.21. The molecule has 0 amide bonds. The number of aryl methyl sites for hydroxylation is 2. The molecule has 0 aliphatic heterocycles. The van der Waals surface area contributed by atoms with Gasteiger partial charge in [-0.25, -0.2) is 9.97 Å². The molecule has 0 atom stereocenters. The van der Waals surface area contributed by atoms with E-state index in [1.165, 1.54) is 29.8 Å². The summed E-state index contributed by atoms with van der Waals surface area (Å²) in [4.78, 5) is 17.1. The molecular weight excluding hydrogens is 346 g/mol. The molecule has 1 aliphatic carbocycles. The van der Waals surface area contributed by atoms with Crippen LogP contribution in [0.15, 0.2) is 15.6 Å². The van der Waals surface area contributed by atoms with E-state index in [0.29, 0.717) is 12.4 Å². The second-order valence-corrected chi connectivity index (χ2v) is 8.98. The number of nitrogens with one attached hydrogen (secondary N) is 1. The third-order valence-electron chi connectivity index (χ3n) is 4.53. The number of thiazole rings is 1. The van der Waals surface area contributed by atoms with Crippen LogP contribution in [0.5, 0.6) is 0 Å². The summed E-state index contributed by atoms with van der Waals surface area (Å²) in [5, 5.41) is 4.49. The summed E-state index contributed by atoms with van der Waals surface area (Å²) < 4.78 is 5.84. The van der Waals surface area contributed by atoms with E-state index >= 15 is 0 Å². The van der Waals surface area contributed by atoms with Gasteiger partial charge >= 0.3 is 0 Å². The monoisotopic (exact) mass is 375 g/mol. The Bertz CT molecular complexity index is 748. The summed E-state index contributed by atoms with van der Waals surface area (Å²) in [6, 6.07) is 0. The van der Waals surface area contributed by atoms with Gasteiger partial charge in [0.2, 0.25) is 5.89 Å². The van der Waals surface area contributed by atoms with Crippen LogP contribution in [0.4, 0.5) is 0 Å². The number of oxazole rings is 1. The Morgan fingerprint density at radius 2 is 2.12 bits per heavy atom. The van der Waals surface area contributed by atoms with Gasteiger partial charge in [0.15, 0.2) is 5.96 Å². The number of aromatic nitrogens is 2. The first-order chi connectivity index (χ1) is 12.4. The SMILES string of the molecule is CN=C(NCc1ncc(C(C)(C)C)o1)N(C)Cc1nc2c(s1)CCCC2. The van der Waals surface area contributed by atoms with E-state index in [2.05, 4.69) is 41.0 Å². The fourth-order valence-corrected chi connectivity index (χ4v) is 4.24. The topological polar surface area (TPSA) is 66.6 Å². The molecule has 6 nitrogen and oxygen atoms in total. The number of hydrogen-bond donors (Lipinski definition) is 1. The molecule has 0 spiro atoms. The van der Waals surface area contributed by atoms with Crippen molar-refractivity contribution in [3.63, 3.8) is 0 Å². The second-order valence-electron chi connectivity index (χ2n) is 7.81. The van der Waals surface area contributed by atoms with Crippen LogP contribution in [-0.2, 0) is 31.3 Å². The summed E-state index contributed by atoms with van der Waals surface area (Å²) in [5.41, 5.74) is 1.27. The van der Waals surface area contributed by atoms with Crippen LogP contribution < -0.4 is 5.32 Å². The average molecular weight is 376 g/mol. The maximum Gasteiger partial charge on any atom is 0.213 e. The minimum Gasteiger partial charge on any atom is -0.443 e. The fourth-order valence-electron chi connectivity index (χ4n) is 3.03. The molecule has 0 unspecified atom stereocenters. The Kier molecular flexibility index (Phi) is 5.65. The zero-order chi connectivity index (χ0) is 18.7. The molecule has 142 valence electrons. The van der Waals surface area contributed by atoms with Crippen LogP contribution >= 0.6 is 11.3 Å². The van der Waals surface area contributed by atoms with E-state index < -0.39 is 0 Å². The molecule has 0 saturated heterocycles. The van der Waals surface area contributed by atoms with Crippen molar-refractivity contribution in [1.29, 1.82) is 0 Å². The maximum absolute atomic E-state index is 5.84. The molecule has 2 heterocycles. The van der Waals surface area contributed by atoms with Gasteiger partial charge in [-0.15, -0.1) is 11.3 Å². The molecular formula is C19H29N5OS. The Morgan fingerprint density at radius 1 is 1.35 bits per heavy atom. The van der Waals surface area contributed by atoms with E-state index in [-0.39, 0.29) is 5.41 Å². The minimum absolute atomic E-state index is 0.0341. The normalized spacial score (nSPS) is 15.0. The highest BCUT2D eigenvalue weighted by Gasteiger charge is 2.20. The van der Waals surface area contributed by atoms with E-state index in [0.717, 1.165) is 29.7 Å². The molecule has 0 saturated carbocycles. The van der Waals surface area contributed by atoms with Gasteiger partial charge < -0.3 is 14.6 Å². The Morgan fingerprint density at radius 3 is 2.77 bits per heavy atom. The number of aliphatic imine (C=N–C) groups is 1. The quantitative estimate of drug-likeness (QED) is 0.654. The molecule has 0 bridgehead atoms. The highest BCUT2D eigenvalue weighted by Crippen LogP contribution is 2.27. The first-order valence-corrected chi connectivity index (χ1v) is 10.0. The fraction of sp³-hybridized carbons (Fsp3) is 0.632. The van der Waals surface area contributed by atoms with Crippen LogP contribution in [-0.4, -0.2) is 34.9 Å². The molecule has 2 aromatic rings. The summed E-state index contributed by atoms with van der Waals surface area (Å²) in [6.07, 6.45) is 6.68. The van der Waals surface area contributed by atoms with Crippen molar-refractivity contribution in [2.75, 3.05) is 14.1 Å². The van der Waals surface area contributed by atoms with Crippen molar-refractivity contribution in [2.24, 2.45) is 4.99 Å². The molecule has 3 rings (SSSR count). The Balaban J connectivity index is 1.58. The lowest BCUT2D eigenvalue weighted by atomic mass is 9.94. The third-order valence-corrected chi connectivity index (χ3v) is 5.67. The van der Waals surface area contributed by atoms with Gasteiger partial charge in [-0.05, 0) is 25.7 Å². The van der Waals surface area contributed by atoms with Crippen LogP contribution in [0.3, 0.4) is 0 Å². The van der Waals surface area contributed by atoms with Crippen molar-refractivity contribution in [1.82, 2.24) is 20.2 Å². The smallest absolute Gasteiger partial charge is 0.213 e. The number of fused-ring (bicyclic) bond motifs is 1. The highest BCUT2D eigenvalue weighted by atomic mass is 32.1. The van der Waals surface area contributed by atoms with Gasteiger partial charge in [-0.3, -0.25) is 4.99 Å². The average Bonchev–Trinajstić information content (AvgIpc) is 3.21. The summed E-state index contributed by atoms with van der Waals surface area (Å²) in [6.45, 7) is 7.62.